The van der Waals surface area contributed by atoms with Gasteiger partial charge in [0.15, 0.2) is 0 Å². The van der Waals surface area contributed by atoms with Crippen molar-refractivity contribution in [1.82, 2.24) is 10.2 Å². The summed E-state index contributed by atoms with van der Waals surface area (Å²) in [5, 5.41) is 2.77. The second-order valence-corrected chi connectivity index (χ2v) is 10.8. The number of anilines is 1. The fourth-order valence-corrected chi connectivity index (χ4v) is 4.64. The van der Waals surface area contributed by atoms with Gasteiger partial charge in [-0.2, -0.15) is 0 Å². The van der Waals surface area contributed by atoms with Crippen molar-refractivity contribution in [3.8, 4) is 0 Å². The van der Waals surface area contributed by atoms with Crippen molar-refractivity contribution in [2.24, 2.45) is 0 Å². The predicted molar refractivity (Wildman–Crippen MR) is 135 cm³/mol. The van der Waals surface area contributed by atoms with Gasteiger partial charge in [0, 0.05) is 30.5 Å². The summed E-state index contributed by atoms with van der Waals surface area (Å²) in [5.41, 5.74) is 2.50. The third-order valence-electron chi connectivity index (χ3n) is 5.26. The monoisotopic (exact) mass is 537 g/mol. The number of rotatable bonds is 11. The molecule has 0 saturated heterocycles. The SMILES string of the molecule is CCNC(=O)[C@@H](C)N(Cc1ccc(Br)cc1)C(=O)CCCN(c1ccc(C)cc1)S(C)(=O)=O. The summed E-state index contributed by atoms with van der Waals surface area (Å²) in [7, 11) is -3.50. The summed E-state index contributed by atoms with van der Waals surface area (Å²) >= 11 is 3.40. The number of carbonyl (C=O) groups is 2. The van der Waals surface area contributed by atoms with Gasteiger partial charge in [0.05, 0.1) is 11.9 Å². The van der Waals surface area contributed by atoms with Crippen LogP contribution in [0.15, 0.2) is 53.0 Å². The highest BCUT2D eigenvalue weighted by molar-refractivity contribution is 9.10. The molecule has 7 nitrogen and oxygen atoms in total. The normalized spacial score (nSPS) is 12.2. The minimum Gasteiger partial charge on any atom is -0.355 e. The van der Waals surface area contributed by atoms with Gasteiger partial charge in [-0.3, -0.25) is 13.9 Å². The summed E-state index contributed by atoms with van der Waals surface area (Å²) < 4.78 is 26.9. The molecule has 1 atom stereocenters. The minimum absolute atomic E-state index is 0.123. The van der Waals surface area contributed by atoms with Crippen LogP contribution >= 0.6 is 15.9 Å². The largest absolute Gasteiger partial charge is 0.355 e. The first-order valence-corrected chi connectivity index (χ1v) is 13.5. The maximum absolute atomic E-state index is 13.1. The Kier molecular flexibility index (Phi) is 9.91. The van der Waals surface area contributed by atoms with Crippen molar-refractivity contribution in [2.45, 2.75) is 46.2 Å². The Balaban J connectivity index is 2.13. The molecule has 0 aromatic heterocycles. The molecule has 0 bridgehead atoms. The van der Waals surface area contributed by atoms with Gasteiger partial charge in [0.25, 0.3) is 0 Å². The van der Waals surface area contributed by atoms with Crippen LogP contribution < -0.4 is 9.62 Å². The van der Waals surface area contributed by atoms with Crippen LogP contribution in [0.2, 0.25) is 0 Å². The van der Waals surface area contributed by atoms with E-state index in [0.29, 0.717) is 18.7 Å². The molecule has 0 fully saturated rings. The molecule has 0 spiro atoms. The van der Waals surface area contributed by atoms with Crippen molar-refractivity contribution in [1.29, 1.82) is 0 Å². The highest BCUT2D eigenvalue weighted by Crippen LogP contribution is 2.20. The number of likely N-dealkylation sites (N-methyl/N-ethyl adjacent to an activating group) is 1. The molecule has 0 aliphatic carbocycles. The van der Waals surface area contributed by atoms with Gasteiger partial charge in [-0.1, -0.05) is 45.8 Å². The zero-order valence-corrected chi connectivity index (χ0v) is 21.9. The molecule has 0 heterocycles. The van der Waals surface area contributed by atoms with E-state index in [9.17, 15) is 18.0 Å². The maximum Gasteiger partial charge on any atom is 0.242 e. The molecule has 0 unspecified atom stereocenters. The number of nitrogens with one attached hydrogen (secondary N) is 1. The number of aryl methyl sites for hydroxylation is 1. The first-order chi connectivity index (χ1) is 15.5. The molecule has 0 radical (unpaired) electrons. The molecule has 2 rings (SSSR count). The van der Waals surface area contributed by atoms with E-state index in [2.05, 4.69) is 21.2 Å². The van der Waals surface area contributed by atoms with E-state index >= 15 is 0 Å². The average Bonchev–Trinajstić information content (AvgIpc) is 2.76. The Labute approximate surface area is 205 Å². The van der Waals surface area contributed by atoms with Crippen LogP contribution in [0.25, 0.3) is 0 Å². The van der Waals surface area contributed by atoms with Crippen LogP contribution in [0.5, 0.6) is 0 Å². The maximum atomic E-state index is 13.1. The molecule has 33 heavy (non-hydrogen) atoms. The first kappa shape index (κ1) is 26.9. The molecule has 2 aromatic rings. The van der Waals surface area contributed by atoms with E-state index in [4.69, 9.17) is 0 Å². The number of benzene rings is 2. The lowest BCUT2D eigenvalue weighted by atomic mass is 10.1. The summed E-state index contributed by atoms with van der Waals surface area (Å²) in [6.07, 6.45) is 1.61. The average molecular weight is 539 g/mol. The minimum atomic E-state index is -3.50. The van der Waals surface area contributed by atoms with Crippen LogP contribution in [0.1, 0.15) is 37.8 Å². The van der Waals surface area contributed by atoms with Crippen LogP contribution in [-0.2, 0) is 26.2 Å². The topological polar surface area (TPSA) is 86.8 Å². The van der Waals surface area contributed by atoms with Crippen LogP contribution in [0.4, 0.5) is 5.69 Å². The lowest BCUT2D eigenvalue weighted by molar-refractivity contribution is -0.140. The first-order valence-electron chi connectivity index (χ1n) is 10.9. The lowest BCUT2D eigenvalue weighted by Crippen LogP contribution is -2.47. The third kappa shape index (κ3) is 8.16. The smallest absolute Gasteiger partial charge is 0.242 e. The highest BCUT2D eigenvalue weighted by Gasteiger charge is 2.26. The van der Waals surface area contributed by atoms with Crippen molar-refractivity contribution in [2.75, 3.05) is 23.7 Å². The number of nitrogens with zero attached hydrogens (tertiary/aromatic N) is 2. The van der Waals surface area contributed by atoms with Gasteiger partial charge in [-0.25, -0.2) is 8.42 Å². The number of sulfonamides is 1. The van der Waals surface area contributed by atoms with Crippen molar-refractivity contribution >= 4 is 43.5 Å². The van der Waals surface area contributed by atoms with Crippen molar-refractivity contribution < 1.29 is 18.0 Å². The fourth-order valence-electron chi connectivity index (χ4n) is 3.41. The Bertz CT molecular complexity index is 1040. The third-order valence-corrected chi connectivity index (χ3v) is 6.98. The summed E-state index contributed by atoms with van der Waals surface area (Å²) in [6, 6.07) is 14.2. The Morgan fingerprint density at radius 2 is 1.67 bits per heavy atom. The molecule has 9 heteroatoms. The quantitative estimate of drug-likeness (QED) is 0.471. The zero-order valence-electron chi connectivity index (χ0n) is 19.5. The second kappa shape index (κ2) is 12.2. The zero-order chi connectivity index (χ0) is 24.6. The number of halogens is 1. The summed E-state index contributed by atoms with van der Waals surface area (Å²) in [4.78, 5) is 27.2. The summed E-state index contributed by atoms with van der Waals surface area (Å²) in [5.74, 6) is -0.422. The van der Waals surface area contributed by atoms with Gasteiger partial charge in [0.1, 0.15) is 6.04 Å². The van der Waals surface area contributed by atoms with E-state index < -0.39 is 16.1 Å². The number of hydrogen-bond donors (Lipinski definition) is 1. The van der Waals surface area contributed by atoms with Crippen molar-refractivity contribution in [3.63, 3.8) is 0 Å². The molecule has 0 aliphatic heterocycles. The Hall–Kier alpha value is -2.39. The number of carbonyl (C=O) groups excluding carboxylic acids is 2. The fraction of sp³-hybridized carbons (Fsp3) is 0.417. The molecule has 2 amide bonds. The second-order valence-electron chi connectivity index (χ2n) is 7.99. The van der Waals surface area contributed by atoms with E-state index in [1.54, 1.807) is 24.0 Å². The van der Waals surface area contributed by atoms with Gasteiger partial charge in [-0.05, 0) is 57.0 Å². The van der Waals surface area contributed by atoms with Crippen molar-refractivity contribution in [3.05, 3.63) is 64.1 Å². The van der Waals surface area contributed by atoms with Gasteiger partial charge >= 0.3 is 0 Å². The van der Waals surface area contributed by atoms with E-state index in [1.165, 1.54) is 4.31 Å². The Morgan fingerprint density at radius 1 is 1.06 bits per heavy atom. The van der Waals surface area contributed by atoms with Crippen LogP contribution in [0, 0.1) is 6.92 Å². The van der Waals surface area contributed by atoms with Crippen LogP contribution in [0.3, 0.4) is 0 Å². The predicted octanol–water partition coefficient (Wildman–Crippen LogP) is 3.86. The molecular formula is C24H32BrN3O4S. The number of amides is 2. The van der Waals surface area contributed by atoms with E-state index in [0.717, 1.165) is 21.9 Å². The van der Waals surface area contributed by atoms with Crippen LogP contribution in [-0.4, -0.2) is 50.5 Å². The molecule has 1 N–H and O–H groups in total. The lowest BCUT2D eigenvalue weighted by Gasteiger charge is -2.29. The molecule has 0 saturated carbocycles. The molecule has 180 valence electrons. The highest BCUT2D eigenvalue weighted by atomic mass is 79.9. The summed E-state index contributed by atoms with van der Waals surface area (Å²) in [6.45, 7) is 6.41. The van der Waals surface area contributed by atoms with E-state index in [-0.39, 0.29) is 31.3 Å². The van der Waals surface area contributed by atoms with E-state index in [1.807, 2.05) is 50.2 Å². The van der Waals surface area contributed by atoms with Gasteiger partial charge in [0.2, 0.25) is 21.8 Å². The van der Waals surface area contributed by atoms with Gasteiger partial charge in [-0.15, -0.1) is 0 Å². The number of hydrogen-bond acceptors (Lipinski definition) is 4. The molecule has 0 aliphatic rings. The Morgan fingerprint density at radius 3 is 2.21 bits per heavy atom. The van der Waals surface area contributed by atoms with Gasteiger partial charge < -0.3 is 10.2 Å². The standard InChI is InChI=1S/C24H32BrN3O4S/c1-5-26-24(30)19(3)27(17-20-10-12-21(25)13-11-20)23(29)7-6-16-28(33(4,31)32)22-14-8-18(2)9-15-22/h8-15,19H,5-7,16-17H2,1-4H3,(H,26,30)/t19-/m1/s1. The molecular weight excluding hydrogens is 506 g/mol. The molecule has 2 aromatic carbocycles.